The van der Waals surface area contributed by atoms with Crippen molar-refractivity contribution >= 4 is 234 Å². The van der Waals surface area contributed by atoms with Crippen LogP contribution < -0.4 is 75.9 Å². The molecule has 10 aromatic carbocycles. The van der Waals surface area contributed by atoms with Gasteiger partial charge in [-0.2, -0.15) is 0 Å². The summed E-state index contributed by atoms with van der Waals surface area (Å²) in [4.78, 5) is 1.94. The van der Waals surface area contributed by atoms with Crippen molar-refractivity contribution in [3.63, 3.8) is 0 Å². The van der Waals surface area contributed by atoms with Gasteiger partial charge < -0.3 is 9.32 Å². The molecular weight excluding hydrogens is 843 g/mol. The Bertz CT molecular complexity index is 3980. The molecule has 11 aromatic rings. The van der Waals surface area contributed by atoms with Gasteiger partial charge in [-0.3, -0.25) is 0 Å². The van der Waals surface area contributed by atoms with Crippen LogP contribution in [0.1, 0.15) is 0 Å². The quantitative estimate of drug-likeness (QED) is 0.216. The van der Waals surface area contributed by atoms with Gasteiger partial charge in [0.15, 0.2) is 0 Å². The summed E-state index contributed by atoms with van der Waals surface area (Å²) in [6.07, 6.45) is 0. The first-order valence-electron chi connectivity index (χ1n) is 22.5. The molecule has 15 heteroatoms. The minimum absolute atomic E-state index is 0.00359. The Morgan fingerprint density at radius 2 is 0.718 bits per heavy atom. The number of rotatable bonds is 7. The molecule has 71 heavy (non-hydrogen) atoms. The predicted octanol–water partition coefficient (Wildman–Crippen LogP) is 0.350. The van der Waals surface area contributed by atoms with Gasteiger partial charge in [-0.1, -0.05) is 164 Å². The highest BCUT2D eigenvalue weighted by Crippen LogP contribution is 2.42. The van der Waals surface area contributed by atoms with Crippen molar-refractivity contribution in [1.82, 2.24) is 0 Å². The van der Waals surface area contributed by atoms with Crippen LogP contribution in [-0.4, -0.2) is 102 Å². The molecular formula is C56H24B13NO. The molecule has 0 atom stereocenters. The normalized spacial score (nSPS) is 11.5. The van der Waals surface area contributed by atoms with Gasteiger partial charge in [0.25, 0.3) is 0 Å². The van der Waals surface area contributed by atoms with Crippen LogP contribution in [0.5, 0.6) is 0 Å². The Balaban J connectivity index is 1.13. The van der Waals surface area contributed by atoms with E-state index in [1.807, 2.05) is 71.6 Å². The zero-order chi connectivity index (χ0) is 49.7. The smallest absolute Gasteiger partial charge is 0.143 e. The van der Waals surface area contributed by atoms with Crippen LogP contribution in [0.3, 0.4) is 0 Å². The molecule has 0 amide bonds. The Kier molecular flexibility index (Phi) is 11.7. The Morgan fingerprint density at radius 1 is 0.310 bits per heavy atom. The summed E-state index contributed by atoms with van der Waals surface area (Å²) < 4.78 is 6.59. The van der Waals surface area contributed by atoms with Gasteiger partial charge in [0.05, 0.1) is 0 Å². The summed E-state index contributed by atoms with van der Waals surface area (Å²) in [7, 11) is 87.7. The van der Waals surface area contributed by atoms with E-state index in [1.165, 1.54) is 0 Å². The fourth-order valence-electron chi connectivity index (χ4n) is 10.1. The molecule has 0 fully saturated rings. The molecule has 0 aliphatic rings. The highest BCUT2D eigenvalue weighted by atomic mass is 16.3. The van der Waals surface area contributed by atoms with Crippen LogP contribution in [0.15, 0.2) is 150 Å². The average Bonchev–Trinajstić information content (AvgIpc) is 3.79. The highest BCUT2D eigenvalue weighted by molar-refractivity contribution is 6.72. The number of hydrogen-bond acceptors (Lipinski definition) is 2. The van der Waals surface area contributed by atoms with E-state index in [9.17, 15) is 0 Å². The van der Waals surface area contributed by atoms with Crippen LogP contribution in [-0.2, 0) is 0 Å². The third-order valence-corrected chi connectivity index (χ3v) is 13.7. The largest absolute Gasteiger partial charge is 0.455 e. The second-order valence-corrected chi connectivity index (χ2v) is 17.6. The van der Waals surface area contributed by atoms with E-state index < -0.39 is 0 Å². The third kappa shape index (κ3) is 7.28. The van der Waals surface area contributed by atoms with Crippen molar-refractivity contribution in [1.29, 1.82) is 0 Å². The molecule has 0 aliphatic carbocycles. The lowest BCUT2D eigenvalue weighted by Gasteiger charge is -2.35. The molecule has 0 unspecified atom stereocenters. The number of benzene rings is 10. The van der Waals surface area contributed by atoms with Crippen molar-refractivity contribution in [3.8, 4) is 44.5 Å². The first kappa shape index (κ1) is 46.5. The topological polar surface area (TPSA) is 16.4 Å². The summed E-state index contributed by atoms with van der Waals surface area (Å²) in [6, 6.07) is 49.1. The maximum atomic E-state index is 7.26. The monoisotopic (exact) mass is 869 g/mol. The van der Waals surface area contributed by atoms with E-state index in [0.29, 0.717) is 17.1 Å². The maximum Gasteiger partial charge on any atom is 0.143 e. The number of fused-ring (bicyclic) bond motifs is 6. The van der Waals surface area contributed by atoms with Gasteiger partial charge in [-0.25, -0.2) is 0 Å². The number of anilines is 3. The molecule has 0 spiro atoms. The average molecular weight is 867 g/mol. The van der Waals surface area contributed by atoms with E-state index >= 15 is 0 Å². The van der Waals surface area contributed by atoms with Crippen LogP contribution >= 0.6 is 0 Å². The van der Waals surface area contributed by atoms with Crippen LogP contribution in [0.2, 0.25) is 0 Å². The summed E-state index contributed by atoms with van der Waals surface area (Å²) in [6.45, 7) is 0. The molecule has 0 bridgehead atoms. The van der Waals surface area contributed by atoms with Crippen molar-refractivity contribution in [3.05, 3.63) is 146 Å². The van der Waals surface area contributed by atoms with Crippen molar-refractivity contribution in [2.24, 2.45) is 0 Å². The fraction of sp³-hybridized carbons (Fsp3) is 0. The SMILES string of the molecule is [B]c1c([B])c([B])c(-c2c([B])c([B])c(-c3c([B])c([B])c(N(c4cccc(-c5cccc6ccccc56)c4)c4cccc(-c5cccc6oc7c8ccccc8ccc7c56)c4)c([B])c3[B])c([B])c2[B])c([B])c1[B]. The van der Waals surface area contributed by atoms with Gasteiger partial charge in [0.1, 0.15) is 113 Å². The second-order valence-electron chi connectivity index (χ2n) is 17.6. The van der Waals surface area contributed by atoms with E-state index in [4.69, 9.17) is 106 Å². The van der Waals surface area contributed by atoms with E-state index in [-0.39, 0.29) is 93.3 Å². The van der Waals surface area contributed by atoms with E-state index in [1.54, 1.807) is 0 Å². The van der Waals surface area contributed by atoms with Gasteiger partial charge in [0.2, 0.25) is 0 Å². The van der Waals surface area contributed by atoms with Crippen molar-refractivity contribution < 1.29 is 4.42 Å². The molecule has 2 nitrogen and oxygen atoms in total. The number of hydrogen-bond donors (Lipinski definition) is 0. The maximum absolute atomic E-state index is 7.26. The minimum Gasteiger partial charge on any atom is -0.455 e. The number of nitrogens with zero attached hydrogens (tertiary/aromatic N) is 1. The Hall–Kier alpha value is -6.84. The van der Waals surface area contributed by atoms with Gasteiger partial charge >= 0.3 is 0 Å². The molecule has 26 radical (unpaired) electrons. The summed E-state index contributed by atoms with van der Waals surface area (Å²) >= 11 is 0. The molecule has 298 valence electrons. The second kappa shape index (κ2) is 17.8. The first-order chi connectivity index (χ1) is 34.2. The van der Waals surface area contributed by atoms with Crippen molar-refractivity contribution in [2.75, 3.05) is 4.90 Å². The molecule has 0 saturated heterocycles. The number of furan rings is 1. The van der Waals surface area contributed by atoms with E-state index in [0.717, 1.165) is 65.7 Å². The predicted molar refractivity (Wildman–Crippen MR) is 315 cm³/mol. The Labute approximate surface area is 430 Å². The van der Waals surface area contributed by atoms with Crippen molar-refractivity contribution in [2.45, 2.75) is 0 Å². The van der Waals surface area contributed by atoms with Crippen LogP contribution in [0.4, 0.5) is 17.1 Å². The van der Waals surface area contributed by atoms with Crippen LogP contribution in [0, 0.1) is 0 Å². The minimum atomic E-state index is -0.0642. The molecule has 1 heterocycles. The fourth-order valence-corrected chi connectivity index (χ4v) is 10.1. The summed E-state index contributed by atoms with van der Waals surface area (Å²) in [5, 5.41) is 6.26. The van der Waals surface area contributed by atoms with Gasteiger partial charge in [-0.15, -0.1) is 16.4 Å². The molecule has 1 aromatic heterocycles. The lowest BCUT2D eigenvalue weighted by molar-refractivity contribution is 0.673. The molecule has 0 N–H and O–H groups in total. The molecule has 11 rings (SSSR count). The third-order valence-electron chi connectivity index (χ3n) is 13.7. The van der Waals surface area contributed by atoms with Gasteiger partial charge in [-0.05, 0) is 97.1 Å². The lowest BCUT2D eigenvalue weighted by Crippen LogP contribution is -2.57. The highest BCUT2D eigenvalue weighted by Gasteiger charge is 2.27. The standard InChI is InChI=1S/C56H24B13NO/c57-42-38(40-46(61)50(65)52(67)51(66)47(40)62)43(58)45(60)39(44(42)59)41-48(63)53(68)55(54(69)49(41)64)70(29-14-5-12-27(23-29)32-18-7-11-25-9-1-3-16-31(25)32)30-15-6-13-28(24-30)33-19-8-20-36-37(33)35-22-21-26-10-2-4-17-34(26)56(35)71-36/h1-24H. The molecule has 0 aliphatic heterocycles. The summed E-state index contributed by atoms with van der Waals surface area (Å²) in [5.41, 5.74) is 7.29. The Morgan fingerprint density at radius 3 is 1.28 bits per heavy atom. The van der Waals surface area contributed by atoms with E-state index in [2.05, 4.69) is 78.9 Å². The molecule has 0 saturated carbocycles. The zero-order valence-electron chi connectivity index (χ0n) is 38.2. The first-order valence-corrected chi connectivity index (χ1v) is 22.5. The zero-order valence-corrected chi connectivity index (χ0v) is 38.2. The van der Waals surface area contributed by atoms with Gasteiger partial charge in [0, 0.05) is 33.2 Å². The van der Waals surface area contributed by atoms with Crippen LogP contribution in [0.25, 0.3) is 88.0 Å². The lowest BCUT2D eigenvalue weighted by atomic mass is 9.55. The summed E-state index contributed by atoms with van der Waals surface area (Å²) in [5.74, 6) is 0.